The number of carbonyl (C=O) groups is 2. The number of alkyl halides is 3. The van der Waals surface area contributed by atoms with Crippen LogP contribution in [0.2, 0.25) is 5.02 Å². The molecule has 0 spiro atoms. The van der Waals surface area contributed by atoms with Crippen LogP contribution >= 0.6 is 22.9 Å². The number of nitrogens with zero attached hydrogens (tertiary/aromatic N) is 1. The first-order valence-electron chi connectivity index (χ1n) is 7.07. The monoisotopic (exact) mass is 399 g/mol. The number of pyridine rings is 1. The Balaban J connectivity index is 1.71. The second kappa shape index (κ2) is 6.93. The molecule has 3 aromatic rings. The summed E-state index contributed by atoms with van der Waals surface area (Å²) in [6, 6.07) is 8.28. The summed E-state index contributed by atoms with van der Waals surface area (Å²) < 4.78 is 38.3. The molecular weight excluding hydrogens is 391 g/mol. The maximum atomic E-state index is 12.7. The van der Waals surface area contributed by atoms with Gasteiger partial charge in [0, 0.05) is 16.8 Å². The van der Waals surface area contributed by atoms with Crippen molar-refractivity contribution in [2.75, 3.05) is 0 Å². The molecule has 26 heavy (non-hydrogen) atoms. The predicted molar refractivity (Wildman–Crippen MR) is 91.0 cm³/mol. The van der Waals surface area contributed by atoms with Gasteiger partial charge in [0.15, 0.2) is 0 Å². The van der Waals surface area contributed by atoms with Crippen molar-refractivity contribution in [2.45, 2.75) is 6.18 Å². The molecule has 1 aromatic carbocycles. The van der Waals surface area contributed by atoms with Gasteiger partial charge in [-0.2, -0.15) is 13.2 Å². The van der Waals surface area contributed by atoms with Gasteiger partial charge in [-0.05, 0) is 36.4 Å². The first kappa shape index (κ1) is 18.2. The largest absolute Gasteiger partial charge is 0.417 e. The lowest BCUT2D eigenvalue weighted by Crippen LogP contribution is -2.41. The summed E-state index contributed by atoms with van der Waals surface area (Å²) in [4.78, 5) is 27.8. The number of hydrazine groups is 1. The molecule has 0 bridgehead atoms. The highest BCUT2D eigenvalue weighted by atomic mass is 35.5. The predicted octanol–water partition coefficient (Wildman–Crippen LogP) is 4.04. The molecule has 0 fully saturated rings. The zero-order valence-corrected chi connectivity index (χ0v) is 14.3. The third-order valence-corrected chi connectivity index (χ3v) is 4.64. The number of rotatable bonds is 2. The first-order chi connectivity index (χ1) is 12.2. The minimum Gasteiger partial charge on any atom is -0.267 e. The minimum absolute atomic E-state index is 0.114. The Hall–Kier alpha value is -2.65. The maximum absolute atomic E-state index is 12.7. The molecule has 0 aliphatic rings. The number of hydrogen-bond acceptors (Lipinski definition) is 4. The summed E-state index contributed by atoms with van der Waals surface area (Å²) >= 11 is 6.57. The van der Waals surface area contributed by atoms with Crippen LogP contribution in [0.1, 0.15) is 25.6 Å². The molecule has 0 saturated carbocycles. The van der Waals surface area contributed by atoms with E-state index in [1.54, 1.807) is 0 Å². The van der Waals surface area contributed by atoms with Crippen LogP contribution in [0.3, 0.4) is 0 Å². The molecule has 10 heteroatoms. The number of hydrogen-bond donors (Lipinski definition) is 2. The van der Waals surface area contributed by atoms with Crippen molar-refractivity contribution in [1.29, 1.82) is 0 Å². The van der Waals surface area contributed by atoms with E-state index in [9.17, 15) is 22.8 Å². The standard InChI is InChI=1S/C16H9ClF3N3O2S/c17-10-3-1-8(2-4-10)14(24)22-23-15(25)13-6-11-12(26-13)5-9(7-21-11)16(18,19)20/h1-7H,(H,22,24)(H,23,25). The van der Waals surface area contributed by atoms with E-state index < -0.39 is 23.6 Å². The van der Waals surface area contributed by atoms with Gasteiger partial charge in [0.2, 0.25) is 0 Å². The number of nitrogens with one attached hydrogen (secondary N) is 2. The van der Waals surface area contributed by atoms with Gasteiger partial charge in [-0.3, -0.25) is 25.4 Å². The normalized spacial score (nSPS) is 11.4. The molecule has 0 radical (unpaired) electrons. The summed E-state index contributed by atoms with van der Waals surface area (Å²) in [7, 11) is 0. The Morgan fingerprint density at radius 2 is 1.69 bits per heavy atom. The molecule has 2 N–H and O–H groups in total. The molecule has 5 nitrogen and oxygen atoms in total. The lowest BCUT2D eigenvalue weighted by atomic mass is 10.2. The molecule has 2 amide bonds. The van der Waals surface area contributed by atoms with Gasteiger partial charge in [0.25, 0.3) is 11.8 Å². The fourth-order valence-corrected chi connectivity index (χ4v) is 3.11. The van der Waals surface area contributed by atoms with Crippen LogP contribution in [-0.2, 0) is 6.18 Å². The fraction of sp³-hybridized carbons (Fsp3) is 0.0625. The van der Waals surface area contributed by atoms with E-state index in [0.29, 0.717) is 11.2 Å². The van der Waals surface area contributed by atoms with Gasteiger partial charge >= 0.3 is 6.18 Å². The van der Waals surface area contributed by atoms with Crippen molar-refractivity contribution in [2.24, 2.45) is 0 Å². The molecule has 0 atom stereocenters. The van der Waals surface area contributed by atoms with Crippen LogP contribution in [0.25, 0.3) is 10.2 Å². The Morgan fingerprint density at radius 3 is 2.35 bits per heavy atom. The molecular formula is C16H9ClF3N3O2S. The van der Waals surface area contributed by atoms with Crippen LogP contribution in [-0.4, -0.2) is 16.8 Å². The van der Waals surface area contributed by atoms with Gasteiger partial charge in [-0.25, -0.2) is 0 Å². The molecule has 0 saturated heterocycles. The molecule has 0 aliphatic heterocycles. The van der Waals surface area contributed by atoms with Crippen LogP contribution in [0.15, 0.2) is 42.6 Å². The van der Waals surface area contributed by atoms with Gasteiger partial charge in [0.05, 0.1) is 20.7 Å². The smallest absolute Gasteiger partial charge is 0.267 e. The second-order valence-corrected chi connectivity index (χ2v) is 6.65. The quantitative estimate of drug-likeness (QED) is 0.639. The fourth-order valence-electron chi connectivity index (χ4n) is 2.03. The average Bonchev–Trinajstić information content (AvgIpc) is 3.02. The first-order valence-corrected chi connectivity index (χ1v) is 8.26. The summed E-state index contributed by atoms with van der Waals surface area (Å²) in [6.45, 7) is 0. The minimum atomic E-state index is -4.51. The van der Waals surface area contributed by atoms with E-state index >= 15 is 0 Å². The number of benzene rings is 1. The Kier molecular flexibility index (Phi) is 4.84. The summed E-state index contributed by atoms with van der Waals surface area (Å²) in [5, 5.41) is 0.460. The Bertz CT molecular complexity index is 987. The highest BCUT2D eigenvalue weighted by Gasteiger charge is 2.31. The number of aromatic nitrogens is 1. The van der Waals surface area contributed by atoms with Crippen molar-refractivity contribution < 1.29 is 22.8 Å². The van der Waals surface area contributed by atoms with Crippen LogP contribution in [0.5, 0.6) is 0 Å². The van der Waals surface area contributed by atoms with Gasteiger partial charge in [-0.15, -0.1) is 11.3 Å². The average molecular weight is 400 g/mol. The summed E-state index contributed by atoms with van der Waals surface area (Å²) in [5.41, 5.74) is 4.08. The third-order valence-electron chi connectivity index (χ3n) is 3.32. The van der Waals surface area contributed by atoms with Crippen LogP contribution in [0, 0.1) is 0 Å². The number of thiophene rings is 1. The highest BCUT2D eigenvalue weighted by molar-refractivity contribution is 7.20. The topological polar surface area (TPSA) is 71.1 Å². The van der Waals surface area contributed by atoms with Crippen LogP contribution < -0.4 is 10.9 Å². The molecule has 134 valence electrons. The lowest BCUT2D eigenvalue weighted by Gasteiger charge is -2.06. The molecule has 3 rings (SSSR count). The zero-order chi connectivity index (χ0) is 18.9. The summed E-state index contributed by atoms with van der Waals surface area (Å²) in [5.74, 6) is -1.22. The molecule has 2 heterocycles. The number of carbonyl (C=O) groups excluding carboxylic acids is 2. The van der Waals surface area contributed by atoms with Gasteiger partial charge in [0.1, 0.15) is 0 Å². The zero-order valence-electron chi connectivity index (χ0n) is 12.7. The van der Waals surface area contributed by atoms with Crippen molar-refractivity contribution in [3.8, 4) is 0 Å². The van der Waals surface area contributed by atoms with Crippen molar-refractivity contribution >= 4 is 45.0 Å². The van der Waals surface area contributed by atoms with Gasteiger partial charge < -0.3 is 0 Å². The number of amides is 2. The van der Waals surface area contributed by atoms with E-state index in [0.717, 1.165) is 17.4 Å². The van der Waals surface area contributed by atoms with Crippen molar-refractivity contribution in [3.05, 3.63) is 63.6 Å². The van der Waals surface area contributed by atoms with E-state index in [1.165, 1.54) is 30.3 Å². The van der Waals surface area contributed by atoms with Crippen molar-refractivity contribution in [3.63, 3.8) is 0 Å². The SMILES string of the molecule is O=C(NNC(=O)c1cc2ncc(C(F)(F)F)cc2s1)c1ccc(Cl)cc1. The lowest BCUT2D eigenvalue weighted by molar-refractivity contribution is -0.137. The number of halogens is 4. The van der Waals surface area contributed by atoms with Crippen molar-refractivity contribution in [1.82, 2.24) is 15.8 Å². The second-order valence-electron chi connectivity index (χ2n) is 5.13. The Labute approximate surface area is 153 Å². The van der Waals surface area contributed by atoms with E-state index in [1.807, 2.05) is 0 Å². The number of fused-ring (bicyclic) bond motifs is 1. The molecule has 0 aliphatic carbocycles. The Morgan fingerprint density at radius 1 is 1.04 bits per heavy atom. The third kappa shape index (κ3) is 3.94. The van der Waals surface area contributed by atoms with E-state index in [-0.39, 0.29) is 20.7 Å². The van der Waals surface area contributed by atoms with Gasteiger partial charge in [-0.1, -0.05) is 11.6 Å². The molecule has 0 unspecified atom stereocenters. The molecule has 2 aromatic heterocycles. The highest BCUT2D eigenvalue weighted by Crippen LogP contribution is 2.33. The van der Waals surface area contributed by atoms with E-state index in [2.05, 4.69) is 15.8 Å². The van der Waals surface area contributed by atoms with Crippen LogP contribution in [0.4, 0.5) is 13.2 Å². The summed E-state index contributed by atoms with van der Waals surface area (Å²) in [6.07, 6.45) is -3.81. The van der Waals surface area contributed by atoms with E-state index in [4.69, 9.17) is 11.6 Å². The maximum Gasteiger partial charge on any atom is 0.417 e.